The van der Waals surface area contributed by atoms with Crippen molar-refractivity contribution in [1.29, 1.82) is 0 Å². The van der Waals surface area contributed by atoms with Crippen molar-refractivity contribution >= 4 is 35.0 Å². The third-order valence-electron chi connectivity index (χ3n) is 1.38. The van der Waals surface area contributed by atoms with Crippen molar-refractivity contribution in [2.45, 2.75) is 6.61 Å². The molecule has 0 heterocycles. The van der Waals surface area contributed by atoms with Crippen LogP contribution in [0.3, 0.4) is 0 Å². The van der Waals surface area contributed by atoms with Gasteiger partial charge >= 0.3 is 0 Å². The highest BCUT2D eigenvalue weighted by Gasteiger charge is 1.92. The van der Waals surface area contributed by atoms with E-state index in [9.17, 15) is 4.79 Å². The van der Waals surface area contributed by atoms with E-state index < -0.39 is 0 Å². The van der Waals surface area contributed by atoms with Crippen LogP contribution >= 0.6 is 22.9 Å². The molecule has 0 fully saturated rings. The van der Waals surface area contributed by atoms with Gasteiger partial charge in [0.1, 0.15) is 6.61 Å². The maximum Gasteiger partial charge on any atom is 0.293 e. The van der Waals surface area contributed by atoms with Crippen LogP contribution in [0.2, 0.25) is 0 Å². The average Bonchev–Trinajstić information content (AvgIpc) is 2.15. The highest BCUT2D eigenvalue weighted by molar-refractivity contribution is 14.1. The molecule has 0 aliphatic rings. The summed E-state index contributed by atoms with van der Waals surface area (Å²) in [6, 6.07) is 7.67. The fourth-order valence-corrected chi connectivity index (χ4v) is 1.15. The predicted molar refractivity (Wildman–Crippen MR) is 54.9 cm³/mol. The molecule has 1 aromatic carbocycles. The minimum atomic E-state index is 0.338. The van der Waals surface area contributed by atoms with Gasteiger partial charge in [0.2, 0.25) is 0 Å². The Hall–Kier alpha value is -0.780. The molecule has 0 aliphatic heterocycles. The fraction of sp³-hybridized carbons (Fsp3) is 0.125. The van der Waals surface area contributed by atoms with Crippen molar-refractivity contribution in [3.05, 3.63) is 29.8 Å². The first-order valence-electron chi connectivity index (χ1n) is 3.37. The van der Waals surface area contributed by atoms with Crippen LogP contribution in [0, 0.1) is 0 Å². The summed E-state index contributed by atoms with van der Waals surface area (Å²) in [6.45, 7) is 0.787. The number of rotatable bonds is 4. The molecule has 4 heteroatoms. The molecule has 0 bridgehead atoms. The Bertz CT molecular complexity index is 248. The summed E-state index contributed by atoms with van der Waals surface area (Å²) in [5.41, 5.74) is 2.02. The number of anilines is 1. The molecule has 0 aromatic heterocycles. The molecule has 12 heavy (non-hydrogen) atoms. The van der Waals surface area contributed by atoms with Gasteiger partial charge in [-0.2, -0.15) is 0 Å². The zero-order valence-corrected chi connectivity index (χ0v) is 8.45. The number of carbonyl (C=O) groups excluding carboxylic acids is 1. The van der Waals surface area contributed by atoms with Crippen molar-refractivity contribution in [1.82, 2.24) is 0 Å². The standard InChI is InChI=1S/C8H8INO2/c9-10-8-3-1-7(2-4-8)5-12-6-11/h1-4,6,10H,5H2. The van der Waals surface area contributed by atoms with E-state index in [0.717, 1.165) is 11.3 Å². The lowest BCUT2D eigenvalue weighted by atomic mass is 10.2. The van der Waals surface area contributed by atoms with Gasteiger partial charge in [-0.3, -0.25) is 4.79 Å². The molecule has 0 atom stereocenters. The normalized spacial score (nSPS) is 9.08. The quantitative estimate of drug-likeness (QED) is 0.520. The Morgan fingerprint density at radius 1 is 1.42 bits per heavy atom. The minimum absolute atomic E-state index is 0.338. The molecule has 64 valence electrons. The first kappa shape index (κ1) is 9.31. The fourth-order valence-electron chi connectivity index (χ4n) is 0.794. The molecular weight excluding hydrogens is 269 g/mol. The lowest BCUT2D eigenvalue weighted by molar-refractivity contribution is -0.129. The van der Waals surface area contributed by atoms with E-state index in [-0.39, 0.29) is 0 Å². The van der Waals surface area contributed by atoms with Crippen molar-refractivity contribution in [2.24, 2.45) is 0 Å². The Kier molecular flexibility index (Phi) is 3.86. The van der Waals surface area contributed by atoms with Crippen molar-refractivity contribution in [2.75, 3.05) is 3.53 Å². The Labute approximate surface area is 84.6 Å². The smallest absolute Gasteiger partial charge is 0.293 e. The third-order valence-corrected chi connectivity index (χ3v) is 2.00. The molecule has 0 aliphatic carbocycles. The summed E-state index contributed by atoms with van der Waals surface area (Å²) in [6.07, 6.45) is 0. The second-order valence-corrected chi connectivity index (χ2v) is 2.74. The van der Waals surface area contributed by atoms with Gasteiger partial charge in [0.25, 0.3) is 6.47 Å². The molecule has 0 unspecified atom stereocenters. The summed E-state index contributed by atoms with van der Waals surface area (Å²) < 4.78 is 7.56. The second kappa shape index (κ2) is 4.97. The summed E-state index contributed by atoms with van der Waals surface area (Å²) in [7, 11) is 0. The minimum Gasteiger partial charge on any atom is -0.463 e. The van der Waals surface area contributed by atoms with Crippen LogP contribution in [0.4, 0.5) is 5.69 Å². The maximum atomic E-state index is 9.87. The number of hydrogen-bond donors (Lipinski definition) is 1. The SMILES string of the molecule is O=COCc1ccc(NI)cc1. The molecule has 3 nitrogen and oxygen atoms in total. The van der Waals surface area contributed by atoms with Crippen LogP contribution in [-0.2, 0) is 16.1 Å². The number of hydrogen-bond acceptors (Lipinski definition) is 3. The summed E-state index contributed by atoms with van der Waals surface area (Å²) in [4.78, 5) is 9.87. The largest absolute Gasteiger partial charge is 0.463 e. The van der Waals surface area contributed by atoms with E-state index in [0.29, 0.717) is 13.1 Å². The van der Waals surface area contributed by atoms with Crippen LogP contribution in [0.25, 0.3) is 0 Å². The highest BCUT2D eigenvalue weighted by atomic mass is 127. The molecular formula is C8H8INO2. The van der Waals surface area contributed by atoms with E-state index in [1.807, 2.05) is 24.3 Å². The molecule has 0 amide bonds. The molecule has 0 saturated carbocycles. The average molecular weight is 277 g/mol. The van der Waals surface area contributed by atoms with Gasteiger partial charge in [-0.1, -0.05) is 12.1 Å². The van der Waals surface area contributed by atoms with Gasteiger partial charge in [0.05, 0.1) is 22.9 Å². The summed E-state index contributed by atoms with van der Waals surface area (Å²) >= 11 is 2.06. The van der Waals surface area contributed by atoms with E-state index in [1.165, 1.54) is 0 Å². The topological polar surface area (TPSA) is 38.3 Å². The molecule has 1 N–H and O–H groups in total. The Morgan fingerprint density at radius 2 is 2.08 bits per heavy atom. The van der Waals surface area contributed by atoms with Gasteiger partial charge in [0.15, 0.2) is 0 Å². The van der Waals surface area contributed by atoms with E-state index in [4.69, 9.17) is 0 Å². The number of ether oxygens (including phenoxy) is 1. The monoisotopic (exact) mass is 277 g/mol. The Balaban J connectivity index is 2.58. The zero-order chi connectivity index (χ0) is 8.81. The van der Waals surface area contributed by atoms with Crippen LogP contribution in [0.1, 0.15) is 5.56 Å². The van der Waals surface area contributed by atoms with Gasteiger partial charge in [-0.05, 0) is 17.7 Å². The number of benzene rings is 1. The van der Waals surface area contributed by atoms with Crippen molar-refractivity contribution < 1.29 is 9.53 Å². The molecule has 1 aromatic rings. The predicted octanol–water partition coefficient (Wildman–Crippen LogP) is 2.12. The first-order chi connectivity index (χ1) is 5.86. The van der Waals surface area contributed by atoms with Crippen molar-refractivity contribution in [3.63, 3.8) is 0 Å². The highest BCUT2D eigenvalue weighted by Crippen LogP contribution is 2.11. The van der Waals surface area contributed by atoms with E-state index >= 15 is 0 Å². The van der Waals surface area contributed by atoms with E-state index in [1.54, 1.807) is 0 Å². The van der Waals surface area contributed by atoms with Gasteiger partial charge in [-0.15, -0.1) is 0 Å². The number of carbonyl (C=O) groups is 1. The summed E-state index contributed by atoms with van der Waals surface area (Å²) in [5, 5.41) is 0. The number of halogens is 1. The van der Waals surface area contributed by atoms with Gasteiger partial charge < -0.3 is 8.27 Å². The molecule has 0 radical (unpaired) electrons. The first-order valence-corrected chi connectivity index (χ1v) is 4.45. The van der Waals surface area contributed by atoms with Crippen LogP contribution in [-0.4, -0.2) is 6.47 Å². The third kappa shape index (κ3) is 2.69. The van der Waals surface area contributed by atoms with Crippen LogP contribution < -0.4 is 3.53 Å². The van der Waals surface area contributed by atoms with Gasteiger partial charge in [-0.25, -0.2) is 0 Å². The van der Waals surface area contributed by atoms with Crippen molar-refractivity contribution in [3.8, 4) is 0 Å². The van der Waals surface area contributed by atoms with Crippen LogP contribution in [0.15, 0.2) is 24.3 Å². The second-order valence-electron chi connectivity index (χ2n) is 2.20. The lowest BCUT2D eigenvalue weighted by Crippen LogP contribution is -1.89. The van der Waals surface area contributed by atoms with E-state index in [2.05, 4.69) is 31.1 Å². The molecule has 1 rings (SSSR count). The lowest BCUT2D eigenvalue weighted by Gasteiger charge is -2.00. The van der Waals surface area contributed by atoms with Gasteiger partial charge in [0, 0.05) is 5.69 Å². The van der Waals surface area contributed by atoms with Crippen LogP contribution in [0.5, 0.6) is 0 Å². The summed E-state index contributed by atoms with van der Waals surface area (Å²) in [5.74, 6) is 0. The molecule has 0 saturated heterocycles. The maximum absolute atomic E-state index is 9.87. The number of nitrogens with one attached hydrogen (secondary N) is 1. The molecule has 0 spiro atoms. The Morgan fingerprint density at radius 3 is 2.58 bits per heavy atom. The zero-order valence-electron chi connectivity index (χ0n) is 6.29.